The molecule has 0 saturated heterocycles. The molecule has 1 aliphatic carbocycles. The van der Waals surface area contributed by atoms with Gasteiger partial charge in [0.15, 0.2) is 5.75 Å². The van der Waals surface area contributed by atoms with E-state index in [0.29, 0.717) is 0 Å². The molecule has 2 rings (SSSR count). The zero-order valence-electron chi connectivity index (χ0n) is 6.21. The second-order valence-corrected chi connectivity index (χ2v) is 2.74. The van der Waals surface area contributed by atoms with E-state index >= 15 is 0 Å². The Bertz CT molecular complexity index is 376. The van der Waals surface area contributed by atoms with Crippen LogP contribution in [-0.2, 0) is 5.11 Å². The highest BCUT2D eigenvalue weighted by Gasteiger charge is 1.97. The van der Waals surface area contributed by atoms with Crippen LogP contribution in [0.3, 0.4) is 0 Å². The SMILES string of the molecule is [O]c1cccc2c1=CCCC=2. The molecule has 0 atom stereocenters. The van der Waals surface area contributed by atoms with E-state index in [-0.39, 0.29) is 5.75 Å². The molecule has 1 aliphatic rings. The molecule has 1 aromatic carbocycles. The van der Waals surface area contributed by atoms with Crippen molar-refractivity contribution in [3.05, 3.63) is 28.6 Å². The summed E-state index contributed by atoms with van der Waals surface area (Å²) in [7, 11) is 0. The van der Waals surface area contributed by atoms with Gasteiger partial charge in [0.1, 0.15) is 0 Å². The van der Waals surface area contributed by atoms with Crippen LogP contribution in [0.2, 0.25) is 0 Å². The first kappa shape index (κ1) is 6.47. The van der Waals surface area contributed by atoms with Crippen LogP contribution >= 0.6 is 0 Å². The number of fused-ring (bicyclic) bond motifs is 1. The van der Waals surface area contributed by atoms with Gasteiger partial charge >= 0.3 is 0 Å². The van der Waals surface area contributed by atoms with Crippen LogP contribution in [0.1, 0.15) is 12.8 Å². The maximum absolute atomic E-state index is 11.2. The van der Waals surface area contributed by atoms with E-state index in [9.17, 15) is 5.11 Å². The third-order valence-corrected chi connectivity index (χ3v) is 1.98. The fourth-order valence-electron chi connectivity index (χ4n) is 1.42. The summed E-state index contributed by atoms with van der Waals surface area (Å²) >= 11 is 0. The van der Waals surface area contributed by atoms with Crippen LogP contribution in [-0.4, -0.2) is 0 Å². The third-order valence-electron chi connectivity index (χ3n) is 1.98. The summed E-state index contributed by atoms with van der Waals surface area (Å²) in [6.07, 6.45) is 6.22. The van der Waals surface area contributed by atoms with Crippen molar-refractivity contribution in [2.24, 2.45) is 0 Å². The Morgan fingerprint density at radius 1 is 1.09 bits per heavy atom. The second-order valence-electron chi connectivity index (χ2n) is 2.74. The molecule has 1 radical (unpaired) electrons. The lowest BCUT2D eigenvalue weighted by molar-refractivity contribution is 0.350. The summed E-state index contributed by atoms with van der Waals surface area (Å²) in [6, 6.07) is 5.43. The molecule has 0 fully saturated rings. The second kappa shape index (κ2) is 2.42. The molecule has 1 aromatic rings. The normalized spacial score (nSPS) is 14.5. The summed E-state index contributed by atoms with van der Waals surface area (Å²) in [6.45, 7) is 0. The lowest BCUT2D eigenvalue weighted by Gasteiger charge is -1.98. The Morgan fingerprint density at radius 2 is 1.91 bits per heavy atom. The van der Waals surface area contributed by atoms with Crippen molar-refractivity contribution in [1.82, 2.24) is 0 Å². The van der Waals surface area contributed by atoms with Gasteiger partial charge in [0.25, 0.3) is 0 Å². The lowest BCUT2D eigenvalue weighted by atomic mass is 10.1. The minimum absolute atomic E-state index is 0.151. The third kappa shape index (κ3) is 1.03. The molecule has 1 heteroatoms. The van der Waals surface area contributed by atoms with Crippen molar-refractivity contribution in [2.45, 2.75) is 12.8 Å². The van der Waals surface area contributed by atoms with Crippen LogP contribution in [0, 0.1) is 0 Å². The number of hydrogen-bond acceptors (Lipinski definition) is 0. The smallest absolute Gasteiger partial charge is 0.186 e. The molecule has 0 unspecified atom stereocenters. The fraction of sp³-hybridized carbons (Fsp3) is 0.200. The van der Waals surface area contributed by atoms with Gasteiger partial charge in [-0.3, -0.25) is 5.11 Å². The summed E-state index contributed by atoms with van der Waals surface area (Å²) < 4.78 is 0. The average Bonchev–Trinajstić information content (AvgIpc) is 2.06. The zero-order chi connectivity index (χ0) is 7.68. The van der Waals surface area contributed by atoms with Gasteiger partial charge in [0.05, 0.1) is 0 Å². The topological polar surface area (TPSA) is 19.9 Å². The molecule has 0 N–H and O–H groups in total. The van der Waals surface area contributed by atoms with Gasteiger partial charge in [-0.25, -0.2) is 0 Å². The number of hydrogen-bond donors (Lipinski definition) is 0. The van der Waals surface area contributed by atoms with Crippen molar-refractivity contribution >= 4 is 12.2 Å². The van der Waals surface area contributed by atoms with Crippen molar-refractivity contribution in [1.29, 1.82) is 0 Å². The molecular weight excluding hydrogens is 136 g/mol. The van der Waals surface area contributed by atoms with Gasteiger partial charge in [0.2, 0.25) is 0 Å². The highest BCUT2D eigenvalue weighted by molar-refractivity contribution is 5.42. The Kier molecular flexibility index (Phi) is 1.42. The number of benzene rings is 1. The average molecular weight is 145 g/mol. The maximum atomic E-state index is 11.2. The first-order chi connectivity index (χ1) is 5.38. The first-order valence-electron chi connectivity index (χ1n) is 3.84. The van der Waals surface area contributed by atoms with Gasteiger partial charge in [-0.1, -0.05) is 24.3 Å². The standard InChI is InChI=1S/C10H9O/c11-10-7-3-5-8-4-1-2-6-9(8)10/h3-7H,1-2H2. The summed E-state index contributed by atoms with van der Waals surface area (Å²) in [5.41, 5.74) is 0. The van der Waals surface area contributed by atoms with Gasteiger partial charge in [-0.15, -0.1) is 0 Å². The largest absolute Gasteiger partial charge is 0.289 e. The predicted octanol–water partition coefficient (Wildman–Crippen LogP) is 1.19. The summed E-state index contributed by atoms with van der Waals surface area (Å²) in [4.78, 5) is 0. The monoisotopic (exact) mass is 145 g/mol. The summed E-state index contributed by atoms with van der Waals surface area (Å²) in [5.74, 6) is 0.151. The van der Waals surface area contributed by atoms with Crippen LogP contribution < -0.4 is 10.4 Å². The Hall–Kier alpha value is -1.24. The van der Waals surface area contributed by atoms with Crippen molar-refractivity contribution in [3.63, 3.8) is 0 Å². The molecule has 0 aromatic heterocycles. The minimum Gasteiger partial charge on any atom is -0.289 e. The van der Waals surface area contributed by atoms with E-state index in [2.05, 4.69) is 6.08 Å². The van der Waals surface area contributed by atoms with Crippen LogP contribution in [0.4, 0.5) is 0 Å². The Morgan fingerprint density at radius 3 is 2.73 bits per heavy atom. The van der Waals surface area contributed by atoms with E-state index in [1.807, 2.05) is 18.2 Å². The first-order valence-corrected chi connectivity index (χ1v) is 3.84. The minimum atomic E-state index is 0.151. The highest BCUT2D eigenvalue weighted by atomic mass is 16.3. The van der Waals surface area contributed by atoms with E-state index in [1.165, 1.54) is 0 Å². The van der Waals surface area contributed by atoms with E-state index in [1.54, 1.807) is 6.07 Å². The quantitative estimate of drug-likeness (QED) is 0.522. The number of rotatable bonds is 0. The molecule has 0 saturated carbocycles. The van der Waals surface area contributed by atoms with Crippen LogP contribution in [0.25, 0.3) is 12.2 Å². The molecular formula is C10H9O. The van der Waals surface area contributed by atoms with Crippen molar-refractivity contribution in [3.8, 4) is 5.75 Å². The lowest BCUT2D eigenvalue weighted by Crippen LogP contribution is -2.25. The van der Waals surface area contributed by atoms with E-state index in [4.69, 9.17) is 0 Å². The van der Waals surface area contributed by atoms with Gasteiger partial charge in [-0.05, 0) is 24.1 Å². The predicted molar refractivity (Wildman–Crippen MR) is 44.0 cm³/mol. The van der Waals surface area contributed by atoms with E-state index in [0.717, 1.165) is 23.3 Å². The Balaban J connectivity index is 2.88. The molecule has 11 heavy (non-hydrogen) atoms. The Labute approximate surface area is 65.3 Å². The molecule has 0 aliphatic heterocycles. The molecule has 0 amide bonds. The van der Waals surface area contributed by atoms with E-state index < -0.39 is 0 Å². The maximum Gasteiger partial charge on any atom is 0.186 e. The van der Waals surface area contributed by atoms with Crippen LogP contribution in [0.15, 0.2) is 18.2 Å². The zero-order valence-corrected chi connectivity index (χ0v) is 6.21. The van der Waals surface area contributed by atoms with Crippen molar-refractivity contribution < 1.29 is 5.11 Å². The molecule has 1 nitrogen and oxygen atoms in total. The summed E-state index contributed by atoms with van der Waals surface area (Å²) in [5, 5.41) is 13.2. The van der Waals surface area contributed by atoms with Crippen molar-refractivity contribution in [2.75, 3.05) is 0 Å². The molecule has 0 bridgehead atoms. The van der Waals surface area contributed by atoms with Crippen LogP contribution in [0.5, 0.6) is 5.75 Å². The molecule has 0 spiro atoms. The highest BCUT2D eigenvalue weighted by Crippen LogP contribution is 2.01. The van der Waals surface area contributed by atoms with Gasteiger partial charge in [-0.2, -0.15) is 0 Å². The molecule has 0 heterocycles. The van der Waals surface area contributed by atoms with Gasteiger partial charge < -0.3 is 0 Å². The molecule has 55 valence electrons. The fourth-order valence-corrected chi connectivity index (χ4v) is 1.42. The van der Waals surface area contributed by atoms with Gasteiger partial charge in [0, 0.05) is 5.22 Å².